The van der Waals surface area contributed by atoms with Gasteiger partial charge in [-0.25, -0.2) is 13.1 Å². The van der Waals surface area contributed by atoms with E-state index in [0.717, 1.165) is 24.5 Å². The van der Waals surface area contributed by atoms with Gasteiger partial charge in [0.1, 0.15) is 0 Å². The van der Waals surface area contributed by atoms with Crippen LogP contribution in [0.15, 0.2) is 35.2 Å². The molecule has 1 aliphatic rings. The number of nitrogens with one attached hydrogen (secondary N) is 2. The molecule has 0 aliphatic heterocycles. The van der Waals surface area contributed by atoms with Crippen LogP contribution in [0.2, 0.25) is 0 Å². The van der Waals surface area contributed by atoms with Gasteiger partial charge in [0.05, 0.1) is 4.90 Å². The van der Waals surface area contributed by atoms with Crippen LogP contribution in [0.5, 0.6) is 0 Å². The summed E-state index contributed by atoms with van der Waals surface area (Å²) in [6.45, 7) is 2.09. The minimum absolute atomic E-state index is 0.177. The zero-order valence-corrected chi connectivity index (χ0v) is 14.6. The largest absolute Gasteiger partial charge is 0.381 e. The predicted octanol–water partition coefficient (Wildman–Crippen LogP) is 1.54. The molecule has 1 aromatic rings. The minimum Gasteiger partial charge on any atom is -0.381 e. The van der Waals surface area contributed by atoms with Crippen molar-refractivity contribution in [3.05, 3.63) is 35.9 Å². The van der Waals surface area contributed by atoms with Gasteiger partial charge >= 0.3 is 0 Å². The number of carbonyl (C=O) groups is 1. The summed E-state index contributed by atoms with van der Waals surface area (Å²) >= 11 is 0. The first-order valence-corrected chi connectivity index (χ1v) is 9.57. The summed E-state index contributed by atoms with van der Waals surface area (Å²) in [7, 11) is -2.07. The van der Waals surface area contributed by atoms with Crippen LogP contribution in [0.25, 0.3) is 6.08 Å². The van der Waals surface area contributed by atoms with Crippen LogP contribution in [0.4, 0.5) is 0 Å². The Kier molecular flexibility index (Phi) is 6.96. The van der Waals surface area contributed by atoms with Crippen LogP contribution in [-0.2, 0) is 19.6 Å². The van der Waals surface area contributed by atoms with Crippen LogP contribution in [0, 0.1) is 5.92 Å². The molecular weight excluding hydrogens is 328 g/mol. The molecule has 7 heteroatoms. The number of rotatable bonds is 10. The van der Waals surface area contributed by atoms with E-state index in [4.69, 9.17) is 4.74 Å². The highest BCUT2D eigenvalue weighted by molar-refractivity contribution is 7.89. The highest BCUT2D eigenvalue weighted by Crippen LogP contribution is 2.28. The molecule has 0 radical (unpaired) electrons. The molecule has 1 aromatic carbocycles. The molecular formula is C17H24N2O4S. The molecule has 6 nitrogen and oxygen atoms in total. The summed E-state index contributed by atoms with van der Waals surface area (Å²) in [5.41, 5.74) is 0.757. The van der Waals surface area contributed by atoms with Crippen molar-refractivity contribution in [3.63, 3.8) is 0 Å². The predicted molar refractivity (Wildman–Crippen MR) is 92.9 cm³/mol. The molecule has 1 amide bonds. The average molecular weight is 352 g/mol. The van der Waals surface area contributed by atoms with Gasteiger partial charge in [-0.15, -0.1) is 0 Å². The molecule has 0 aromatic heterocycles. The number of hydrogen-bond donors (Lipinski definition) is 2. The lowest BCUT2D eigenvalue weighted by atomic mass is 10.2. The molecule has 0 heterocycles. The second-order valence-corrected chi connectivity index (χ2v) is 7.66. The smallest absolute Gasteiger partial charge is 0.244 e. The molecule has 0 unspecified atom stereocenters. The first kappa shape index (κ1) is 18.6. The quantitative estimate of drug-likeness (QED) is 0.494. The molecule has 2 rings (SSSR count). The fraction of sp³-hybridized carbons (Fsp3) is 0.471. The zero-order chi connectivity index (χ0) is 17.4. The van der Waals surface area contributed by atoms with Gasteiger partial charge in [0.2, 0.25) is 15.9 Å². The van der Waals surface area contributed by atoms with Crippen LogP contribution >= 0.6 is 0 Å². The van der Waals surface area contributed by atoms with Gasteiger partial charge < -0.3 is 10.1 Å². The van der Waals surface area contributed by atoms with Crippen LogP contribution in [0.1, 0.15) is 24.8 Å². The topological polar surface area (TPSA) is 84.5 Å². The Morgan fingerprint density at radius 1 is 1.29 bits per heavy atom. The van der Waals surface area contributed by atoms with E-state index in [-0.39, 0.29) is 10.8 Å². The molecule has 0 bridgehead atoms. The number of ether oxygens (including phenoxy) is 1. The summed E-state index contributed by atoms with van der Waals surface area (Å²) in [4.78, 5) is 11.9. The Morgan fingerprint density at radius 2 is 2.00 bits per heavy atom. The lowest BCUT2D eigenvalue weighted by Crippen LogP contribution is -2.23. The van der Waals surface area contributed by atoms with Crippen LogP contribution in [0.3, 0.4) is 0 Å². The van der Waals surface area contributed by atoms with Crippen molar-refractivity contribution in [2.45, 2.75) is 24.2 Å². The Bertz CT molecular complexity index is 664. The Morgan fingerprint density at radius 3 is 2.62 bits per heavy atom. The molecule has 24 heavy (non-hydrogen) atoms. The summed E-state index contributed by atoms with van der Waals surface area (Å²) in [6, 6.07) is 6.31. The van der Waals surface area contributed by atoms with Gasteiger partial charge in [0, 0.05) is 25.8 Å². The fourth-order valence-electron chi connectivity index (χ4n) is 2.03. The molecule has 132 valence electrons. The third kappa shape index (κ3) is 6.43. The maximum absolute atomic E-state index is 11.7. The van der Waals surface area contributed by atoms with E-state index in [1.807, 2.05) is 0 Å². The standard InChI is InChI=1S/C17H24N2O4S/c1-18-24(21,22)16-8-5-14(6-9-16)7-10-17(20)19-11-2-12-23-13-15-3-4-15/h5-10,15,18H,2-4,11-13H2,1H3,(H,19,20)/b10-7+. The molecule has 0 atom stereocenters. The van der Waals surface area contributed by atoms with E-state index in [1.165, 1.54) is 38.1 Å². The van der Waals surface area contributed by atoms with Crippen molar-refractivity contribution in [3.8, 4) is 0 Å². The van der Waals surface area contributed by atoms with E-state index in [1.54, 1.807) is 18.2 Å². The van der Waals surface area contributed by atoms with E-state index in [0.29, 0.717) is 13.2 Å². The van der Waals surface area contributed by atoms with Crippen LogP contribution < -0.4 is 10.0 Å². The number of benzene rings is 1. The van der Waals surface area contributed by atoms with E-state index < -0.39 is 10.0 Å². The maximum atomic E-state index is 11.7. The fourth-order valence-corrected chi connectivity index (χ4v) is 2.76. The van der Waals surface area contributed by atoms with Crippen molar-refractivity contribution in [2.24, 2.45) is 5.92 Å². The van der Waals surface area contributed by atoms with Crippen LogP contribution in [-0.4, -0.2) is 41.1 Å². The Hall–Kier alpha value is -1.70. The molecule has 0 spiro atoms. The second-order valence-electron chi connectivity index (χ2n) is 5.77. The molecule has 0 saturated heterocycles. The molecule has 1 aliphatic carbocycles. The minimum atomic E-state index is -3.43. The highest BCUT2D eigenvalue weighted by Gasteiger charge is 2.20. The molecule has 2 N–H and O–H groups in total. The van der Waals surface area contributed by atoms with Gasteiger partial charge in [-0.3, -0.25) is 4.79 Å². The lowest BCUT2D eigenvalue weighted by molar-refractivity contribution is -0.116. The lowest BCUT2D eigenvalue weighted by Gasteiger charge is -2.04. The molecule has 1 fully saturated rings. The van der Waals surface area contributed by atoms with E-state index in [9.17, 15) is 13.2 Å². The van der Waals surface area contributed by atoms with E-state index in [2.05, 4.69) is 10.0 Å². The van der Waals surface area contributed by atoms with Gasteiger partial charge in [-0.1, -0.05) is 12.1 Å². The zero-order valence-electron chi connectivity index (χ0n) is 13.8. The van der Waals surface area contributed by atoms with Crippen molar-refractivity contribution < 1.29 is 17.9 Å². The van der Waals surface area contributed by atoms with Crippen molar-refractivity contribution in [2.75, 3.05) is 26.8 Å². The summed E-state index contributed by atoms with van der Waals surface area (Å²) < 4.78 is 31.0. The summed E-state index contributed by atoms with van der Waals surface area (Å²) in [6.07, 6.45) is 6.44. The van der Waals surface area contributed by atoms with Gasteiger partial charge in [-0.05, 0) is 56.0 Å². The summed E-state index contributed by atoms with van der Waals surface area (Å²) in [5.74, 6) is 0.584. The number of hydrogen-bond acceptors (Lipinski definition) is 4. The van der Waals surface area contributed by atoms with E-state index >= 15 is 0 Å². The van der Waals surface area contributed by atoms with Gasteiger partial charge in [0.25, 0.3) is 0 Å². The molecule has 1 saturated carbocycles. The van der Waals surface area contributed by atoms with Crippen molar-refractivity contribution in [1.29, 1.82) is 0 Å². The third-order valence-corrected chi connectivity index (χ3v) is 5.13. The first-order valence-electron chi connectivity index (χ1n) is 8.08. The number of amides is 1. The highest BCUT2D eigenvalue weighted by atomic mass is 32.2. The van der Waals surface area contributed by atoms with Gasteiger partial charge in [0.15, 0.2) is 0 Å². The number of sulfonamides is 1. The normalized spacial score (nSPS) is 14.9. The van der Waals surface area contributed by atoms with Crippen molar-refractivity contribution in [1.82, 2.24) is 10.0 Å². The average Bonchev–Trinajstić information content (AvgIpc) is 3.41. The van der Waals surface area contributed by atoms with Gasteiger partial charge in [-0.2, -0.15) is 0 Å². The maximum Gasteiger partial charge on any atom is 0.244 e. The second kappa shape index (κ2) is 8.96. The van der Waals surface area contributed by atoms with Crippen molar-refractivity contribution >= 4 is 22.0 Å². The Balaban J connectivity index is 1.68. The monoisotopic (exact) mass is 352 g/mol. The summed E-state index contributed by atoms with van der Waals surface area (Å²) in [5, 5.41) is 2.79. The number of carbonyl (C=O) groups excluding carboxylic acids is 1. The third-order valence-electron chi connectivity index (χ3n) is 3.70. The SMILES string of the molecule is CNS(=O)(=O)c1ccc(/C=C/C(=O)NCCCOCC2CC2)cc1. The first-order chi connectivity index (χ1) is 11.5. The Labute approximate surface area is 143 Å².